The molecule has 0 spiro atoms. The van der Waals surface area contributed by atoms with Crippen LogP contribution in [0.5, 0.6) is 0 Å². The van der Waals surface area contributed by atoms with Crippen molar-refractivity contribution in [1.29, 1.82) is 0 Å². The third kappa shape index (κ3) is 5.15. The van der Waals surface area contributed by atoms with Gasteiger partial charge in [-0.1, -0.05) is 55.2 Å². The number of carboxylic acids is 1. The number of benzene rings is 2. The second kappa shape index (κ2) is 10.4. The molecular formula is C23H21Cl2FN2O6. The van der Waals surface area contributed by atoms with Crippen LogP contribution in [0.2, 0.25) is 10.0 Å². The highest BCUT2D eigenvalue weighted by atomic mass is 35.5. The van der Waals surface area contributed by atoms with E-state index < -0.39 is 54.9 Å². The summed E-state index contributed by atoms with van der Waals surface area (Å²) >= 11 is 12.3. The van der Waals surface area contributed by atoms with Gasteiger partial charge in [-0.25, -0.2) is 13.8 Å². The van der Waals surface area contributed by atoms with Gasteiger partial charge in [0.2, 0.25) is 0 Å². The topological polar surface area (TPSA) is 115 Å². The zero-order valence-corrected chi connectivity index (χ0v) is 19.7. The summed E-state index contributed by atoms with van der Waals surface area (Å²) in [5, 5.41) is 13.0. The normalized spacial score (nSPS) is 13.1. The molecule has 0 saturated carbocycles. The number of carbonyl (C=O) groups is 4. The Kier molecular flexibility index (Phi) is 7.78. The van der Waals surface area contributed by atoms with E-state index in [1.165, 1.54) is 10.6 Å². The van der Waals surface area contributed by atoms with Crippen LogP contribution in [0.3, 0.4) is 0 Å². The number of aromatic nitrogens is 1. The lowest BCUT2D eigenvalue weighted by molar-refractivity contribution is -0.141. The lowest BCUT2D eigenvalue weighted by Gasteiger charge is -2.23. The molecule has 3 rings (SSSR count). The number of Topliss-reactive ketones (excluding diaryl/α,β-unsaturated/α-hetero) is 1. The van der Waals surface area contributed by atoms with Gasteiger partial charge >= 0.3 is 12.1 Å². The average Bonchev–Trinajstić information content (AvgIpc) is 3.09. The molecule has 2 aromatic carbocycles. The molecule has 2 atom stereocenters. The number of ketones is 1. The molecule has 2 unspecified atom stereocenters. The minimum absolute atomic E-state index is 0.213. The molecule has 0 fully saturated rings. The minimum Gasteiger partial charge on any atom is -0.481 e. The van der Waals surface area contributed by atoms with Crippen molar-refractivity contribution in [3.8, 4) is 0 Å². The first-order valence-electron chi connectivity index (χ1n) is 10.2. The number of aliphatic carboxylic acids is 1. The van der Waals surface area contributed by atoms with Crippen LogP contribution in [0.15, 0.2) is 36.4 Å². The van der Waals surface area contributed by atoms with E-state index in [1.54, 1.807) is 44.2 Å². The SMILES string of the molecule is CC(C)C(OC(=O)n1c2ccccc2c2cc(Cl)c(Cl)cc21)C(=O)NC(CC(=O)O)C(=O)CF. The van der Waals surface area contributed by atoms with E-state index in [2.05, 4.69) is 5.32 Å². The fourth-order valence-electron chi connectivity index (χ4n) is 3.58. The Hall–Kier alpha value is -3.17. The summed E-state index contributed by atoms with van der Waals surface area (Å²) in [7, 11) is 0. The summed E-state index contributed by atoms with van der Waals surface area (Å²) in [5.74, 6) is -3.97. The van der Waals surface area contributed by atoms with Crippen molar-refractivity contribution in [2.24, 2.45) is 5.92 Å². The molecule has 0 radical (unpaired) electrons. The third-order valence-corrected chi connectivity index (χ3v) is 5.93. The molecule has 2 N–H and O–H groups in total. The summed E-state index contributed by atoms with van der Waals surface area (Å²) in [4.78, 5) is 48.9. The summed E-state index contributed by atoms with van der Waals surface area (Å²) < 4.78 is 19.6. The predicted octanol–water partition coefficient (Wildman–Crippen LogP) is 4.61. The van der Waals surface area contributed by atoms with Gasteiger partial charge in [-0.2, -0.15) is 0 Å². The van der Waals surface area contributed by atoms with E-state index in [0.717, 1.165) is 0 Å². The van der Waals surface area contributed by atoms with E-state index in [9.17, 15) is 23.6 Å². The number of para-hydroxylation sites is 1. The monoisotopic (exact) mass is 510 g/mol. The number of nitrogens with one attached hydrogen (secondary N) is 1. The summed E-state index contributed by atoms with van der Waals surface area (Å²) in [6, 6.07) is 8.52. The number of nitrogens with zero attached hydrogens (tertiary/aromatic N) is 1. The zero-order valence-electron chi connectivity index (χ0n) is 18.2. The van der Waals surface area contributed by atoms with Crippen LogP contribution in [0.4, 0.5) is 9.18 Å². The van der Waals surface area contributed by atoms with Gasteiger partial charge in [-0.15, -0.1) is 0 Å². The lowest BCUT2D eigenvalue weighted by atomic mass is 10.0. The second-order valence-electron chi connectivity index (χ2n) is 7.94. The lowest BCUT2D eigenvalue weighted by Crippen LogP contribution is -2.49. The molecule has 180 valence electrons. The number of alkyl halides is 1. The van der Waals surface area contributed by atoms with Gasteiger partial charge in [0.15, 0.2) is 11.9 Å². The molecule has 3 aromatic rings. The smallest absolute Gasteiger partial charge is 0.419 e. The third-order valence-electron chi connectivity index (χ3n) is 5.20. The number of rotatable bonds is 8. The molecule has 0 bridgehead atoms. The highest BCUT2D eigenvalue weighted by molar-refractivity contribution is 6.43. The highest BCUT2D eigenvalue weighted by Gasteiger charge is 2.32. The standard InChI is InChI=1S/C23H21Cl2FN2O6/c1-11(2)21(22(32)27-16(9-20(30)31)19(29)10-26)34-23(33)28-17-6-4-3-5-12(17)13-7-14(24)15(25)8-18(13)28/h3-8,11,16,21H,9-10H2,1-2H3,(H,27,32)(H,30,31). The van der Waals surface area contributed by atoms with Crippen molar-refractivity contribution in [2.45, 2.75) is 32.4 Å². The second-order valence-corrected chi connectivity index (χ2v) is 8.76. The highest BCUT2D eigenvalue weighted by Crippen LogP contribution is 2.35. The molecule has 0 saturated heterocycles. The van der Waals surface area contributed by atoms with Crippen molar-refractivity contribution in [1.82, 2.24) is 9.88 Å². The average molecular weight is 511 g/mol. The first-order valence-corrected chi connectivity index (χ1v) is 11.0. The maximum absolute atomic E-state index is 13.3. The molecule has 8 nitrogen and oxygen atoms in total. The van der Waals surface area contributed by atoms with Gasteiger partial charge < -0.3 is 15.2 Å². The summed E-state index contributed by atoms with van der Waals surface area (Å²) in [6.45, 7) is 1.75. The van der Waals surface area contributed by atoms with E-state index in [4.69, 9.17) is 33.0 Å². The largest absolute Gasteiger partial charge is 0.481 e. The van der Waals surface area contributed by atoms with Crippen LogP contribution < -0.4 is 5.32 Å². The van der Waals surface area contributed by atoms with Gasteiger partial charge in [0, 0.05) is 10.8 Å². The molecule has 1 heterocycles. The van der Waals surface area contributed by atoms with Crippen molar-refractivity contribution in [2.75, 3.05) is 6.67 Å². The Bertz CT molecular complexity index is 1290. The van der Waals surface area contributed by atoms with Crippen LogP contribution in [0.1, 0.15) is 20.3 Å². The molecule has 11 heteroatoms. The Morgan fingerprint density at radius 2 is 1.71 bits per heavy atom. The summed E-state index contributed by atoms with van der Waals surface area (Å²) in [6.07, 6.45) is -3.10. The van der Waals surface area contributed by atoms with Crippen LogP contribution in [0.25, 0.3) is 21.8 Å². The first-order chi connectivity index (χ1) is 16.0. The number of carbonyl (C=O) groups excluding carboxylic acids is 3. The molecule has 34 heavy (non-hydrogen) atoms. The molecule has 0 aliphatic heterocycles. The molecule has 0 aliphatic rings. The van der Waals surface area contributed by atoms with Crippen molar-refractivity contribution >= 4 is 68.8 Å². The molecule has 0 aliphatic carbocycles. The number of hydrogen-bond acceptors (Lipinski definition) is 5. The number of carboxylic acid groups (broad SMARTS) is 1. The van der Waals surface area contributed by atoms with Crippen LogP contribution in [0, 0.1) is 5.92 Å². The first kappa shape index (κ1) is 25.5. The van der Waals surface area contributed by atoms with Gasteiger partial charge in [-0.05, 0) is 24.1 Å². The van der Waals surface area contributed by atoms with Crippen molar-refractivity contribution < 1.29 is 33.4 Å². The fourth-order valence-corrected chi connectivity index (χ4v) is 3.90. The van der Waals surface area contributed by atoms with Gasteiger partial charge in [-0.3, -0.25) is 14.4 Å². The maximum atomic E-state index is 13.3. The van der Waals surface area contributed by atoms with E-state index in [1.807, 2.05) is 0 Å². The fraction of sp³-hybridized carbons (Fsp3) is 0.304. The molecular weight excluding hydrogens is 490 g/mol. The van der Waals surface area contributed by atoms with E-state index >= 15 is 0 Å². The Labute approximate surface area is 203 Å². The van der Waals surface area contributed by atoms with E-state index in [0.29, 0.717) is 26.8 Å². The van der Waals surface area contributed by atoms with E-state index in [-0.39, 0.29) is 5.02 Å². The minimum atomic E-state index is -1.59. The van der Waals surface area contributed by atoms with Gasteiger partial charge in [0.25, 0.3) is 5.91 Å². The Morgan fingerprint density at radius 1 is 1.06 bits per heavy atom. The van der Waals surface area contributed by atoms with Crippen LogP contribution >= 0.6 is 23.2 Å². The quantitative estimate of drug-likeness (QED) is 0.457. The zero-order chi connectivity index (χ0) is 25.2. The number of ether oxygens (including phenoxy) is 1. The molecule has 1 amide bonds. The maximum Gasteiger partial charge on any atom is 0.419 e. The Balaban J connectivity index is 1.97. The summed E-state index contributed by atoms with van der Waals surface area (Å²) in [5.41, 5.74) is 0.889. The van der Waals surface area contributed by atoms with Crippen molar-refractivity contribution in [3.63, 3.8) is 0 Å². The van der Waals surface area contributed by atoms with Gasteiger partial charge in [0.05, 0.1) is 27.5 Å². The Morgan fingerprint density at radius 3 is 2.32 bits per heavy atom. The van der Waals surface area contributed by atoms with Crippen LogP contribution in [-0.2, 0) is 19.1 Å². The molecule has 1 aromatic heterocycles. The predicted molar refractivity (Wildman–Crippen MR) is 125 cm³/mol. The van der Waals surface area contributed by atoms with Crippen molar-refractivity contribution in [3.05, 3.63) is 46.4 Å². The number of halogens is 3. The number of hydrogen-bond donors (Lipinski definition) is 2. The van der Waals surface area contributed by atoms with Crippen LogP contribution in [-0.4, -0.2) is 52.2 Å². The number of fused-ring (bicyclic) bond motifs is 3. The number of amides is 1. The van der Waals surface area contributed by atoms with Gasteiger partial charge in [0.1, 0.15) is 12.7 Å².